The van der Waals surface area contributed by atoms with Crippen LogP contribution in [0, 0.1) is 5.92 Å². The van der Waals surface area contributed by atoms with Gasteiger partial charge in [0.2, 0.25) is 0 Å². The smallest absolute Gasteiger partial charge is 0.126 e. The third-order valence-electron chi connectivity index (χ3n) is 3.50. The second kappa shape index (κ2) is 5.19. The van der Waals surface area contributed by atoms with Gasteiger partial charge in [0, 0.05) is 6.04 Å². The van der Waals surface area contributed by atoms with Crippen molar-refractivity contribution in [3.63, 3.8) is 0 Å². The second-order valence-electron chi connectivity index (χ2n) is 4.76. The van der Waals surface area contributed by atoms with Crippen molar-refractivity contribution in [3.05, 3.63) is 18.3 Å². The van der Waals surface area contributed by atoms with Gasteiger partial charge in [0.1, 0.15) is 5.82 Å². The van der Waals surface area contributed by atoms with E-state index in [4.69, 9.17) is 5.73 Å². The van der Waals surface area contributed by atoms with E-state index in [1.807, 2.05) is 12.1 Å². The Morgan fingerprint density at radius 3 is 3.00 bits per heavy atom. The first-order valence-corrected chi connectivity index (χ1v) is 6.26. The third-order valence-corrected chi connectivity index (χ3v) is 3.50. The first-order valence-electron chi connectivity index (χ1n) is 6.26. The first-order chi connectivity index (χ1) is 7.78. The number of pyridine rings is 1. The molecule has 2 rings (SSSR count). The number of nitrogens with zero attached hydrogens (tertiary/aromatic N) is 1. The summed E-state index contributed by atoms with van der Waals surface area (Å²) in [5.74, 6) is 1.84. The van der Waals surface area contributed by atoms with E-state index in [1.54, 1.807) is 6.20 Å². The molecule has 0 aliphatic heterocycles. The summed E-state index contributed by atoms with van der Waals surface area (Å²) in [6.07, 6.45) is 8.29. The molecule has 1 aromatic heterocycles. The van der Waals surface area contributed by atoms with Gasteiger partial charge in [0.25, 0.3) is 0 Å². The van der Waals surface area contributed by atoms with Crippen LogP contribution in [0.1, 0.15) is 39.0 Å². The normalized spacial score (nSPS) is 25.3. The van der Waals surface area contributed by atoms with Crippen LogP contribution in [0.25, 0.3) is 0 Å². The highest BCUT2D eigenvalue weighted by Gasteiger charge is 2.20. The van der Waals surface area contributed by atoms with Gasteiger partial charge in [0.15, 0.2) is 0 Å². The lowest BCUT2D eigenvalue weighted by atomic mass is 9.84. The topological polar surface area (TPSA) is 50.9 Å². The number of aromatic nitrogens is 1. The summed E-state index contributed by atoms with van der Waals surface area (Å²) in [6.45, 7) is 2.29. The van der Waals surface area contributed by atoms with E-state index in [9.17, 15) is 0 Å². The van der Waals surface area contributed by atoms with Gasteiger partial charge < -0.3 is 11.1 Å². The molecular formula is C13H21N3. The van der Waals surface area contributed by atoms with Crippen LogP contribution in [0.3, 0.4) is 0 Å². The van der Waals surface area contributed by atoms with Gasteiger partial charge in [-0.1, -0.05) is 26.2 Å². The highest BCUT2D eigenvalue weighted by atomic mass is 15.0. The molecule has 88 valence electrons. The molecule has 3 N–H and O–H groups in total. The second-order valence-corrected chi connectivity index (χ2v) is 4.76. The quantitative estimate of drug-likeness (QED) is 0.821. The van der Waals surface area contributed by atoms with E-state index in [-0.39, 0.29) is 0 Å². The fraction of sp³-hybridized carbons (Fsp3) is 0.615. The average Bonchev–Trinajstić information content (AvgIpc) is 2.32. The van der Waals surface area contributed by atoms with Gasteiger partial charge in [-0.3, -0.25) is 0 Å². The molecule has 3 heteroatoms. The number of rotatable bonds is 3. The van der Waals surface area contributed by atoms with Crippen LogP contribution in [-0.4, -0.2) is 11.0 Å². The van der Waals surface area contributed by atoms with Gasteiger partial charge >= 0.3 is 0 Å². The largest absolute Gasteiger partial charge is 0.397 e. The minimum Gasteiger partial charge on any atom is -0.397 e. The summed E-state index contributed by atoms with van der Waals surface area (Å²) >= 11 is 0. The van der Waals surface area contributed by atoms with Crippen LogP contribution in [0.4, 0.5) is 11.5 Å². The number of hydrogen-bond acceptors (Lipinski definition) is 3. The molecule has 3 nitrogen and oxygen atoms in total. The molecule has 1 heterocycles. The van der Waals surface area contributed by atoms with Crippen LogP contribution in [0.15, 0.2) is 18.3 Å². The van der Waals surface area contributed by atoms with Crippen molar-refractivity contribution in [2.24, 2.45) is 5.92 Å². The highest BCUT2D eigenvalue weighted by molar-refractivity contribution is 5.44. The molecule has 16 heavy (non-hydrogen) atoms. The molecule has 1 aliphatic carbocycles. The summed E-state index contributed by atoms with van der Waals surface area (Å²) in [4.78, 5) is 4.29. The fourth-order valence-corrected chi connectivity index (χ4v) is 2.49. The number of nitrogens with one attached hydrogen (secondary N) is 1. The van der Waals surface area contributed by atoms with E-state index >= 15 is 0 Å². The Hall–Kier alpha value is -1.25. The summed E-state index contributed by atoms with van der Waals surface area (Å²) < 4.78 is 0. The molecule has 0 radical (unpaired) electrons. The van der Waals surface area contributed by atoms with Crippen molar-refractivity contribution in [1.82, 2.24) is 4.98 Å². The van der Waals surface area contributed by atoms with E-state index in [1.165, 1.54) is 32.1 Å². The van der Waals surface area contributed by atoms with Crippen molar-refractivity contribution in [1.29, 1.82) is 0 Å². The zero-order valence-corrected chi connectivity index (χ0v) is 9.95. The predicted octanol–water partition coefficient (Wildman–Crippen LogP) is 3.04. The molecule has 0 spiro atoms. The monoisotopic (exact) mass is 219 g/mol. The van der Waals surface area contributed by atoms with Gasteiger partial charge in [-0.15, -0.1) is 0 Å². The molecule has 1 saturated carbocycles. The van der Waals surface area contributed by atoms with Crippen molar-refractivity contribution in [2.75, 3.05) is 11.1 Å². The molecule has 2 atom stereocenters. The Balaban J connectivity index is 1.91. The Kier molecular flexibility index (Phi) is 3.65. The predicted molar refractivity (Wildman–Crippen MR) is 68.3 cm³/mol. The lowest BCUT2D eigenvalue weighted by Gasteiger charge is -2.29. The Morgan fingerprint density at radius 2 is 2.31 bits per heavy atom. The standard InChI is InChI=1S/C13H21N3/c1-2-10-4-3-5-12(8-10)16-13-7-6-11(14)9-15-13/h6-7,9-10,12H,2-5,8,14H2,1H3,(H,15,16). The molecule has 0 bridgehead atoms. The molecule has 0 saturated heterocycles. The zero-order valence-electron chi connectivity index (χ0n) is 9.95. The van der Waals surface area contributed by atoms with Gasteiger partial charge in [0.05, 0.1) is 11.9 Å². The van der Waals surface area contributed by atoms with Gasteiger partial charge in [-0.05, 0) is 30.9 Å². The summed E-state index contributed by atoms with van der Waals surface area (Å²) in [7, 11) is 0. The lowest BCUT2D eigenvalue weighted by Crippen LogP contribution is -2.27. The summed E-state index contributed by atoms with van der Waals surface area (Å²) in [5.41, 5.74) is 6.34. The molecule has 0 amide bonds. The van der Waals surface area contributed by atoms with Crippen molar-refractivity contribution in [3.8, 4) is 0 Å². The number of nitrogens with two attached hydrogens (primary N) is 1. The van der Waals surface area contributed by atoms with Crippen LogP contribution in [0.2, 0.25) is 0 Å². The van der Waals surface area contributed by atoms with Gasteiger partial charge in [-0.2, -0.15) is 0 Å². The zero-order chi connectivity index (χ0) is 11.4. The van der Waals surface area contributed by atoms with E-state index in [2.05, 4.69) is 17.2 Å². The molecule has 0 aromatic carbocycles. The lowest BCUT2D eigenvalue weighted by molar-refractivity contribution is 0.327. The number of anilines is 2. The maximum absolute atomic E-state index is 5.61. The Labute approximate surface area is 97.5 Å². The first kappa shape index (κ1) is 11.2. The van der Waals surface area contributed by atoms with Crippen molar-refractivity contribution >= 4 is 11.5 Å². The summed E-state index contributed by atoms with van der Waals surface area (Å²) in [6, 6.07) is 4.45. The number of hydrogen-bond donors (Lipinski definition) is 2. The van der Waals surface area contributed by atoms with Crippen LogP contribution >= 0.6 is 0 Å². The van der Waals surface area contributed by atoms with Crippen molar-refractivity contribution in [2.45, 2.75) is 45.1 Å². The van der Waals surface area contributed by atoms with E-state index < -0.39 is 0 Å². The molecule has 1 fully saturated rings. The minimum absolute atomic E-state index is 0.592. The van der Waals surface area contributed by atoms with E-state index in [0.29, 0.717) is 6.04 Å². The maximum atomic E-state index is 5.61. The average molecular weight is 219 g/mol. The maximum Gasteiger partial charge on any atom is 0.126 e. The van der Waals surface area contributed by atoms with Gasteiger partial charge in [-0.25, -0.2) is 4.98 Å². The molecule has 2 unspecified atom stereocenters. The SMILES string of the molecule is CCC1CCCC(Nc2ccc(N)cn2)C1. The third kappa shape index (κ3) is 2.87. The molecule has 1 aliphatic rings. The minimum atomic E-state index is 0.592. The fourth-order valence-electron chi connectivity index (χ4n) is 2.49. The van der Waals surface area contributed by atoms with Crippen LogP contribution < -0.4 is 11.1 Å². The Bertz CT molecular complexity index is 320. The van der Waals surface area contributed by atoms with Crippen LogP contribution in [0.5, 0.6) is 0 Å². The molecular weight excluding hydrogens is 198 g/mol. The van der Waals surface area contributed by atoms with Crippen LogP contribution in [-0.2, 0) is 0 Å². The molecule has 1 aromatic rings. The highest BCUT2D eigenvalue weighted by Crippen LogP contribution is 2.28. The van der Waals surface area contributed by atoms with E-state index in [0.717, 1.165) is 17.4 Å². The Morgan fingerprint density at radius 1 is 1.44 bits per heavy atom. The number of nitrogen functional groups attached to an aromatic ring is 1. The summed E-state index contributed by atoms with van der Waals surface area (Å²) in [5, 5.41) is 3.51. The van der Waals surface area contributed by atoms with Crippen molar-refractivity contribution < 1.29 is 0 Å².